The Bertz CT molecular complexity index is 707. The molecule has 1 heterocycles. The standard InChI is InChI=1S/C20H30N4O4/c1-5-12-21-17(25)13-23(3)14-24-18(26)20(2,22-19(24)27)11-10-15-6-8-16(28-4)9-7-15/h6-9H,5,10-14H2,1-4H3,(H,21,25)(H,22,27)/t20-/m1/s1. The number of rotatable bonds is 10. The first-order valence-corrected chi connectivity index (χ1v) is 9.51. The van der Waals surface area contributed by atoms with E-state index in [2.05, 4.69) is 10.6 Å². The highest BCUT2D eigenvalue weighted by Crippen LogP contribution is 2.24. The second kappa shape index (κ2) is 9.54. The second-order valence-corrected chi connectivity index (χ2v) is 7.35. The first-order valence-electron chi connectivity index (χ1n) is 9.51. The van der Waals surface area contributed by atoms with Crippen LogP contribution in [0.5, 0.6) is 5.75 Å². The third-order valence-electron chi connectivity index (χ3n) is 4.79. The lowest BCUT2D eigenvalue weighted by Gasteiger charge is -2.24. The van der Waals surface area contributed by atoms with Gasteiger partial charge in [0.1, 0.15) is 11.3 Å². The van der Waals surface area contributed by atoms with Gasteiger partial charge in [-0.15, -0.1) is 0 Å². The van der Waals surface area contributed by atoms with E-state index in [-0.39, 0.29) is 25.0 Å². The van der Waals surface area contributed by atoms with Crippen LogP contribution in [0, 0.1) is 0 Å². The van der Waals surface area contributed by atoms with Crippen LogP contribution in [0.25, 0.3) is 0 Å². The number of benzene rings is 1. The van der Waals surface area contributed by atoms with Crippen molar-refractivity contribution in [3.8, 4) is 5.75 Å². The number of carbonyl (C=O) groups is 3. The lowest BCUT2D eigenvalue weighted by molar-refractivity contribution is -0.133. The molecule has 0 saturated carbocycles. The fourth-order valence-corrected chi connectivity index (χ4v) is 3.09. The van der Waals surface area contributed by atoms with E-state index in [9.17, 15) is 14.4 Å². The van der Waals surface area contributed by atoms with Gasteiger partial charge in [0.25, 0.3) is 5.91 Å². The fraction of sp³-hybridized carbons (Fsp3) is 0.550. The quantitative estimate of drug-likeness (QED) is 0.589. The van der Waals surface area contributed by atoms with Crippen LogP contribution in [-0.2, 0) is 16.0 Å². The summed E-state index contributed by atoms with van der Waals surface area (Å²) in [4.78, 5) is 39.8. The summed E-state index contributed by atoms with van der Waals surface area (Å²) < 4.78 is 5.15. The minimum absolute atomic E-state index is 0.0718. The molecule has 2 N–H and O–H groups in total. The molecule has 28 heavy (non-hydrogen) atoms. The van der Waals surface area contributed by atoms with Gasteiger partial charge in [-0.05, 0) is 50.9 Å². The lowest BCUT2D eigenvalue weighted by Crippen LogP contribution is -2.46. The summed E-state index contributed by atoms with van der Waals surface area (Å²) in [7, 11) is 3.32. The Morgan fingerprint density at radius 3 is 2.57 bits per heavy atom. The zero-order chi connectivity index (χ0) is 20.7. The first kappa shape index (κ1) is 21.7. The Hall–Kier alpha value is -2.61. The van der Waals surface area contributed by atoms with Crippen molar-refractivity contribution < 1.29 is 19.1 Å². The molecule has 1 aromatic rings. The molecule has 1 fully saturated rings. The molecule has 154 valence electrons. The van der Waals surface area contributed by atoms with Crippen LogP contribution in [0.2, 0.25) is 0 Å². The Morgan fingerprint density at radius 2 is 1.96 bits per heavy atom. The van der Waals surface area contributed by atoms with E-state index in [0.29, 0.717) is 19.4 Å². The highest BCUT2D eigenvalue weighted by Gasteiger charge is 2.47. The number of hydrogen-bond donors (Lipinski definition) is 2. The number of ether oxygens (including phenoxy) is 1. The highest BCUT2D eigenvalue weighted by atomic mass is 16.5. The number of hydrogen-bond acceptors (Lipinski definition) is 5. The number of nitrogens with zero attached hydrogens (tertiary/aromatic N) is 2. The summed E-state index contributed by atoms with van der Waals surface area (Å²) >= 11 is 0. The van der Waals surface area contributed by atoms with Gasteiger partial charge in [-0.1, -0.05) is 19.1 Å². The first-order chi connectivity index (χ1) is 13.3. The van der Waals surface area contributed by atoms with Crippen LogP contribution in [0.3, 0.4) is 0 Å². The van der Waals surface area contributed by atoms with E-state index < -0.39 is 11.6 Å². The maximum Gasteiger partial charge on any atom is 0.326 e. The minimum Gasteiger partial charge on any atom is -0.497 e. The van der Waals surface area contributed by atoms with Crippen molar-refractivity contribution >= 4 is 17.8 Å². The van der Waals surface area contributed by atoms with E-state index in [0.717, 1.165) is 17.7 Å². The maximum atomic E-state index is 12.8. The molecule has 0 aromatic heterocycles. The monoisotopic (exact) mass is 390 g/mol. The Kier molecular flexibility index (Phi) is 7.39. The number of amides is 4. The summed E-state index contributed by atoms with van der Waals surface area (Å²) in [6, 6.07) is 7.21. The Morgan fingerprint density at radius 1 is 1.29 bits per heavy atom. The van der Waals surface area contributed by atoms with Crippen LogP contribution in [0.1, 0.15) is 32.3 Å². The molecule has 2 rings (SSSR count). The van der Waals surface area contributed by atoms with Gasteiger partial charge in [0.2, 0.25) is 5.91 Å². The fourth-order valence-electron chi connectivity index (χ4n) is 3.09. The molecule has 1 aliphatic heterocycles. The Labute approximate surface area is 166 Å². The van der Waals surface area contributed by atoms with Gasteiger partial charge in [0.15, 0.2) is 0 Å². The molecule has 8 heteroatoms. The molecule has 0 aliphatic carbocycles. The molecule has 0 spiro atoms. The van der Waals surface area contributed by atoms with E-state index in [1.54, 1.807) is 26.0 Å². The molecule has 4 amide bonds. The minimum atomic E-state index is -0.956. The molecule has 0 unspecified atom stereocenters. The van der Waals surface area contributed by atoms with Crippen LogP contribution < -0.4 is 15.4 Å². The number of aryl methyl sites for hydroxylation is 1. The van der Waals surface area contributed by atoms with Crippen molar-refractivity contribution in [2.45, 2.75) is 38.6 Å². The summed E-state index contributed by atoms with van der Waals surface area (Å²) in [5, 5.41) is 5.58. The number of imide groups is 1. The molecule has 1 aromatic carbocycles. The summed E-state index contributed by atoms with van der Waals surface area (Å²) in [5.74, 6) is 0.378. The SMILES string of the molecule is CCCNC(=O)CN(C)CN1C(=O)N[C@](C)(CCc2ccc(OC)cc2)C1=O. The summed E-state index contributed by atoms with van der Waals surface area (Å²) in [6.45, 7) is 4.52. The summed E-state index contributed by atoms with van der Waals surface area (Å²) in [5.41, 5.74) is 0.106. The maximum absolute atomic E-state index is 12.8. The number of urea groups is 1. The van der Waals surface area contributed by atoms with Crippen molar-refractivity contribution in [1.82, 2.24) is 20.4 Å². The second-order valence-electron chi connectivity index (χ2n) is 7.35. The van der Waals surface area contributed by atoms with Crippen molar-refractivity contribution in [2.75, 3.05) is 33.9 Å². The zero-order valence-corrected chi connectivity index (χ0v) is 17.1. The van der Waals surface area contributed by atoms with Gasteiger partial charge >= 0.3 is 6.03 Å². The number of carbonyl (C=O) groups excluding carboxylic acids is 3. The largest absolute Gasteiger partial charge is 0.497 e. The van der Waals surface area contributed by atoms with Crippen LogP contribution >= 0.6 is 0 Å². The highest BCUT2D eigenvalue weighted by molar-refractivity contribution is 6.06. The zero-order valence-electron chi connectivity index (χ0n) is 17.1. The third-order valence-corrected chi connectivity index (χ3v) is 4.79. The van der Waals surface area contributed by atoms with E-state index >= 15 is 0 Å². The Balaban J connectivity index is 1.92. The number of methoxy groups -OCH3 is 1. The van der Waals surface area contributed by atoms with E-state index in [1.165, 1.54) is 4.90 Å². The number of nitrogens with one attached hydrogen (secondary N) is 2. The van der Waals surface area contributed by atoms with Gasteiger partial charge < -0.3 is 15.4 Å². The average Bonchev–Trinajstić information content (AvgIpc) is 2.88. The molecule has 0 radical (unpaired) electrons. The van der Waals surface area contributed by atoms with Crippen molar-refractivity contribution in [2.24, 2.45) is 0 Å². The number of likely N-dealkylation sites (N-methyl/N-ethyl adjacent to an activating group) is 1. The van der Waals surface area contributed by atoms with Gasteiger partial charge in [0.05, 0.1) is 20.3 Å². The van der Waals surface area contributed by atoms with Gasteiger partial charge in [-0.3, -0.25) is 14.5 Å². The smallest absolute Gasteiger partial charge is 0.326 e. The van der Waals surface area contributed by atoms with Crippen molar-refractivity contribution in [3.05, 3.63) is 29.8 Å². The molecule has 1 saturated heterocycles. The normalized spacial score (nSPS) is 19.1. The molecule has 1 atom stereocenters. The van der Waals surface area contributed by atoms with Crippen LogP contribution in [0.15, 0.2) is 24.3 Å². The predicted octanol–water partition coefficient (Wildman–Crippen LogP) is 1.35. The van der Waals surface area contributed by atoms with Gasteiger partial charge in [-0.2, -0.15) is 0 Å². The van der Waals surface area contributed by atoms with Gasteiger partial charge in [-0.25, -0.2) is 9.69 Å². The predicted molar refractivity (Wildman–Crippen MR) is 106 cm³/mol. The molecule has 8 nitrogen and oxygen atoms in total. The van der Waals surface area contributed by atoms with Crippen molar-refractivity contribution in [1.29, 1.82) is 0 Å². The topological polar surface area (TPSA) is 91.0 Å². The van der Waals surface area contributed by atoms with Gasteiger partial charge in [0, 0.05) is 6.54 Å². The average molecular weight is 390 g/mol. The molecular formula is C20H30N4O4. The van der Waals surface area contributed by atoms with E-state index in [4.69, 9.17) is 4.74 Å². The van der Waals surface area contributed by atoms with E-state index in [1.807, 2.05) is 31.2 Å². The molecule has 1 aliphatic rings. The summed E-state index contributed by atoms with van der Waals surface area (Å²) in [6.07, 6.45) is 1.99. The van der Waals surface area contributed by atoms with Crippen LogP contribution in [0.4, 0.5) is 4.79 Å². The van der Waals surface area contributed by atoms with Crippen molar-refractivity contribution in [3.63, 3.8) is 0 Å². The molecule has 0 bridgehead atoms. The van der Waals surface area contributed by atoms with Crippen LogP contribution in [-0.4, -0.2) is 67.1 Å². The third kappa shape index (κ3) is 5.45. The lowest BCUT2D eigenvalue weighted by atomic mass is 9.93. The molecular weight excluding hydrogens is 360 g/mol.